The number of thiocarbonyl (C=S) groups is 1. The molecule has 8 nitrogen and oxygen atoms in total. The van der Waals surface area contributed by atoms with Gasteiger partial charge in [-0.05, 0) is 44.9 Å². The fourth-order valence-corrected chi connectivity index (χ4v) is 4.13. The van der Waals surface area contributed by atoms with Crippen molar-refractivity contribution >= 4 is 40.6 Å². The van der Waals surface area contributed by atoms with Gasteiger partial charge < -0.3 is 24.5 Å². The summed E-state index contributed by atoms with van der Waals surface area (Å²) in [6.45, 7) is 12.8. The largest absolute Gasteiger partial charge is 0.460 e. The number of nitrogens with zero attached hydrogens (tertiary/aromatic N) is 3. The van der Waals surface area contributed by atoms with E-state index in [0.717, 1.165) is 0 Å². The van der Waals surface area contributed by atoms with Crippen molar-refractivity contribution in [1.82, 2.24) is 5.32 Å². The van der Waals surface area contributed by atoms with E-state index < -0.39 is 23.9 Å². The summed E-state index contributed by atoms with van der Waals surface area (Å²) < 4.78 is 25.3. The molecule has 1 amide bonds. The SMILES string of the molecule is [C-]#[N+]C(C(=O)OCC)C1CCN(c2ccc(N3C[C@H](CNC(C)=S)OC3=O)cc2F)CC1. The molecule has 2 aliphatic heterocycles. The van der Waals surface area contributed by atoms with E-state index in [1.807, 2.05) is 4.90 Å². The number of esters is 1. The molecular formula is C22H27FN4O4S. The Morgan fingerprint density at radius 1 is 1.44 bits per heavy atom. The van der Waals surface area contributed by atoms with Crippen molar-refractivity contribution in [3.63, 3.8) is 0 Å². The number of amides is 1. The Morgan fingerprint density at radius 2 is 2.16 bits per heavy atom. The van der Waals surface area contributed by atoms with Crippen LogP contribution >= 0.6 is 12.2 Å². The molecule has 0 spiro atoms. The molecule has 2 saturated heterocycles. The molecule has 0 radical (unpaired) electrons. The monoisotopic (exact) mass is 462 g/mol. The summed E-state index contributed by atoms with van der Waals surface area (Å²) in [5.74, 6) is -1.02. The van der Waals surface area contributed by atoms with Crippen molar-refractivity contribution in [3.05, 3.63) is 35.4 Å². The summed E-state index contributed by atoms with van der Waals surface area (Å²) in [6, 6.07) is 3.88. The molecule has 0 saturated carbocycles. The van der Waals surface area contributed by atoms with E-state index in [0.29, 0.717) is 55.4 Å². The van der Waals surface area contributed by atoms with Crippen LogP contribution in [0.4, 0.5) is 20.6 Å². The average molecular weight is 463 g/mol. The second-order valence-electron chi connectivity index (χ2n) is 7.84. The maximum absolute atomic E-state index is 14.9. The smallest absolute Gasteiger partial charge is 0.414 e. The highest BCUT2D eigenvalue weighted by Gasteiger charge is 2.38. The number of ether oxygens (including phenoxy) is 2. The number of anilines is 2. The molecule has 10 heteroatoms. The van der Waals surface area contributed by atoms with Crippen LogP contribution in [-0.4, -0.2) is 62.0 Å². The van der Waals surface area contributed by atoms with E-state index in [4.69, 9.17) is 28.3 Å². The number of carbonyl (C=O) groups excluding carboxylic acids is 2. The molecule has 0 bridgehead atoms. The Morgan fingerprint density at radius 3 is 2.75 bits per heavy atom. The molecule has 1 aromatic rings. The summed E-state index contributed by atoms with van der Waals surface area (Å²) in [6.07, 6.45) is 0.312. The van der Waals surface area contributed by atoms with Crippen LogP contribution in [0.2, 0.25) is 0 Å². The zero-order valence-electron chi connectivity index (χ0n) is 18.2. The lowest BCUT2D eigenvalue weighted by Gasteiger charge is -2.33. The molecule has 2 aliphatic rings. The lowest BCUT2D eigenvalue weighted by molar-refractivity contribution is -0.145. The van der Waals surface area contributed by atoms with Crippen molar-refractivity contribution in [2.24, 2.45) is 5.92 Å². The maximum Gasteiger partial charge on any atom is 0.414 e. The minimum atomic E-state index is -0.810. The number of hydrogen-bond acceptors (Lipinski definition) is 6. The fraction of sp³-hybridized carbons (Fsp3) is 0.545. The highest BCUT2D eigenvalue weighted by molar-refractivity contribution is 7.80. The normalized spacial score (nSPS) is 19.8. The van der Waals surface area contributed by atoms with Gasteiger partial charge in [-0.25, -0.2) is 20.6 Å². The first kappa shape index (κ1) is 23.7. The number of cyclic esters (lactones) is 1. The van der Waals surface area contributed by atoms with Crippen LogP contribution in [0.5, 0.6) is 0 Å². The number of benzene rings is 1. The van der Waals surface area contributed by atoms with Gasteiger partial charge in [0.05, 0.1) is 36.1 Å². The molecule has 2 atom stereocenters. The summed E-state index contributed by atoms with van der Waals surface area (Å²) in [4.78, 5) is 31.6. The van der Waals surface area contributed by atoms with E-state index in [2.05, 4.69) is 10.2 Å². The predicted molar refractivity (Wildman–Crippen MR) is 122 cm³/mol. The molecule has 0 aliphatic carbocycles. The molecule has 32 heavy (non-hydrogen) atoms. The molecule has 3 rings (SSSR count). The third kappa shape index (κ3) is 5.46. The van der Waals surface area contributed by atoms with Gasteiger partial charge in [0.15, 0.2) is 0 Å². The highest BCUT2D eigenvalue weighted by Crippen LogP contribution is 2.32. The van der Waals surface area contributed by atoms with Crippen LogP contribution in [0.25, 0.3) is 4.85 Å². The average Bonchev–Trinajstić information content (AvgIpc) is 3.14. The van der Waals surface area contributed by atoms with Crippen LogP contribution in [0, 0.1) is 18.3 Å². The third-order valence-corrected chi connectivity index (χ3v) is 5.83. The van der Waals surface area contributed by atoms with Gasteiger partial charge in [0.2, 0.25) is 0 Å². The molecule has 2 fully saturated rings. The highest BCUT2D eigenvalue weighted by atomic mass is 32.1. The number of nitrogens with one attached hydrogen (secondary N) is 1. The number of piperidine rings is 1. The molecule has 172 valence electrons. The van der Waals surface area contributed by atoms with Crippen molar-refractivity contribution in [1.29, 1.82) is 0 Å². The number of carbonyl (C=O) groups is 2. The van der Waals surface area contributed by atoms with Gasteiger partial charge in [0.25, 0.3) is 0 Å². The van der Waals surface area contributed by atoms with Crippen molar-refractivity contribution < 1.29 is 23.5 Å². The van der Waals surface area contributed by atoms with Gasteiger partial charge in [-0.3, -0.25) is 4.90 Å². The zero-order chi connectivity index (χ0) is 23.3. The van der Waals surface area contributed by atoms with Crippen LogP contribution in [0.1, 0.15) is 26.7 Å². The Balaban J connectivity index is 1.62. The van der Waals surface area contributed by atoms with Gasteiger partial charge in [0, 0.05) is 19.0 Å². The summed E-state index contributed by atoms with van der Waals surface area (Å²) in [5, 5.41) is 2.97. The summed E-state index contributed by atoms with van der Waals surface area (Å²) in [5.41, 5.74) is 0.868. The molecular weight excluding hydrogens is 435 g/mol. The maximum atomic E-state index is 14.9. The Bertz CT molecular complexity index is 914. The van der Waals surface area contributed by atoms with Gasteiger partial charge >= 0.3 is 18.1 Å². The first-order chi connectivity index (χ1) is 15.3. The number of hydrogen-bond donors (Lipinski definition) is 1. The van der Waals surface area contributed by atoms with E-state index >= 15 is 0 Å². The first-order valence-corrected chi connectivity index (χ1v) is 11.0. The van der Waals surface area contributed by atoms with E-state index in [1.165, 1.54) is 11.0 Å². The van der Waals surface area contributed by atoms with Gasteiger partial charge in [-0.1, -0.05) is 12.2 Å². The second-order valence-corrected chi connectivity index (χ2v) is 8.45. The minimum Gasteiger partial charge on any atom is -0.460 e. The Kier molecular flexibility index (Phi) is 7.85. The summed E-state index contributed by atoms with van der Waals surface area (Å²) in [7, 11) is 0. The summed E-state index contributed by atoms with van der Waals surface area (Å²) >= 11 is 4.97. The zero-order valence-corrected chi connectivity index (χ0v) is 19.0. The predicted octanol–water partition coefficient (Wildman–Crippen LogP) is 3.16. The molecule has 2 heterocycles. The van der Waals surface area contributed by atoms with E-state index in [1.54, 1.807) is 26.0 Å². The van der Waals surface area contributed by atoms with Crippen molar-refractivity contribution in [2.75, 3.05) is 42.6 Å². The Labute approximate surface area is 192 Å². The second kappa shape index (κ2) is 10.6. The quantitative estimate of drug-likeness (QED) is 0.379. The van der Waals surface area contributed by atoms with E-state index in [9.17, 15) is 14.0 Å². The van der Waals surface area contributed by atoms with Crippen LogP contribution in [0.3, 0.4) is 0 Å². The lowest BCUT2D eigenvalue weighted by atomic mass is 9.89. The number of halogens is 1. The van der Waals surface area contributed by atoms with Gasteiger partial charge in [0.1, 0.15) is 11.9 Å². The van der Waals surface area contributed by atoms with Crippen LogP contribution in [-0.2, 0) is 14.3 Å². The van der Waals surface area contributed by atoms with Crippen LogP contribution < -0.4 is 15.1 Å². The van der Waals surface area contributed by atoms with E-state index in [-0.39, 0.29) is 18.6 Å². The minimum absolute atomic E-state index is 0.106. The fourth-order valence-electron chi connectivity index (χ4n) is 4.05. The molecule has 1 aromatic carbocycles. The topological polar surface area (TPSA) is 75.5 Å². The van der Waals surface area contributed by atoms with Gasteiger partial charge in [-0.15, -0.1) is 0 Å². The lowest BCUT2D eigenvalue weighted by Crippen LogP contribution is -2.40. The van der Waals surface area contributed by atoms with Gasteiger partial charge in [-0.2, -0.15) is 0 Å². The van der Waals surface area contributed by atoms with Crippen molar-refractivity contribution in [3.8, 4) is 0 Å². The standard InChI is InChI=1S/C22H27FN4O4S/c1-4-30-21(28)20(24-3)15-7-9-26(10-8-15)19-6-5-16(11-18(19)23)27-13-17(31-22(27)29)12-25-14(2)32/h5-6,11,15,17,20H,4,7-10,12-13H2,1-2H3,(H,25,32)/t17-,20?/m0/s1. The third-order valence-electron chi connectivity index (χ3n) is 5.69. The molecule has 1 unspecified atom stereocenters. The first-order valence-electron chi connectivity index (χ1n) is 10.6. The molecule has 0 aromatic heterocycles. The Hall–Kier alpha value is -2.93. The number of rotatable bonds is 7. The molecule has 1 N–H and O–H groups in total. The van der Waals surface area contributed by atoms with Crippen molar-refractivity contribution in [2.45, 2.75) is 38.8 Å². The van der Waals surface area contributed by atoms with Crippen LogP contribution in [0.15, 0.2) is 18.2 Å².